The minimum absolute atomic E-state index is 0.0844. The molecule has 0 aliphatic carbocycles. The smallest absolute Gasteiger partial charge is 0.118 e. The lowest BCUT2D eigenvalue weighted by Crippen LogP contribution is -2.49. The summed E-state index contributed by atoms with van der Waals surface area (Å²) in [6.45, 7) is 7.39. The Morgan fingerprint density at radius 2 is 2.38 bits per heavy atom. The molecule has 1 aromatic heterocycles. The third-order valence-corrected chi connectivity index (χ3v) is 2.94. The zero-order valence-electron chi connectivity index (χ0n) is 9.98. The van der Waals surface area contributed by atoms with Crippen LogP contribution in [0, 0.1) is 6.92 Å². The van der Waals surface area contributed by atoms with E-state index in [9.17, 15) is 0 Å². The van der Waals surface area contributed by atoms with E-state index in [1.165, 1.54) is 0 Å². The van der Waals surface area contributed by atoms with Crippen molar-refractivity contribution in [1.29, 1.82) is 0 Å². The summed E-state index contributed by atoms with van der Waals surface area (Å²) in [7, 11) is 0. The van der Waals surface area contributed by atoms with Gasteiger partial charge < -0.3 is 14.9 Å². The van der Waals surface area contributed by atoms with Crippen molar-refractivity contribution in [3.8, 4) is 0 Å². The van der Waals surface area contributed by atoms with Crippen LogP contribution in [0.2, 0.25) is 0 Å². The molecule has 2 N–H and O–H groups in total. The van der Waals surface area contributed by atoms with Crippen LogP contribution in [0.15, 0.2) is 16.5 Å². The van der Waals surface area contributed by atoms with E-state index in [-0.39, 0.29) is 12.1 Å². The molecule has 1 aliphatic rings. The molecule has 1 saturated heterocycles. The zero-order chi connectivity index (χ0) is 11.5. The molecule has 1 aliphatic heterocycles. The topological polar surface area (TPSA) is 51.6 Å². The van der Waals surface area contributed by atoms with Gasteiger partial charge in [0.25, 0.3) is 0 Å². The van der Waals surface area contributed by atoms with Gasteiger partial charge in [-0.3, -0.25) is 4.90 Å². The minimum atomic E-state index is 0.0844. The van der Waals surface area contributed by atoms with Gasteiger partial charge in [-0.05, 0) is 26.0 Å². The van der Waals surface area contributed by atoms with Crippen LogP contribution < -0.4 is 5.73 Å². The number of nitrogens with zero attached hydrogens (tertiary/aromatic N) is 1. The molecule has 2 unspecified atom stereocenters. The maximum Gasteiger partial charge on any atom is 0.118 e. The third kappa shape index (κ3) is 2.84. The Bertz CT molecular complexity index is 336. The highest BCUT2D eigenvalue weighted by Gasteiger charge is 2.23. The SMILES string of the molecule is Cc1ccc(CN2CCOC(C(C)N)C2)o1. The first kappa shape index (κ1) is 11.6. The number of nitrogens with two attached hydrogens (primary N) is 1. The fraction of sp³-hybridized carbons (Fsp3) is 0.667. The van der Waals surface area contributed by atoms with Gasteiger partial charge in [0.2, 0.25) is 0 Å². The molecule has 0 saturated carbocycles. The molecule has 2 heterocycles. The molecule has 4 heteroatoms. The highest BCUT2D eigenvalue weighted by Crippen LogP contribution is 2.13. The average molecular weight is 224 g/mol. The highest BCUT2D eigenvalue weighted by molar-refractivity contribution is 5.05. The molecule has 1 fully saturated rings. The molecule has 0 spiro atoms. The Labute approximate surface area is 96.4 Å². The Morgan fingerprint density at radius 1 is 1.56 bits per heavy atom. The van der Waals surface area contributed by atoms with Crippen LogP contribution in [-0.2, 0) is 11.3 Å². The van der Waals surface area contributed by atoms with Gasteiger partial charge in [-0.15, -0.1) is 0 Å². The fourth-order valence-electron chi connectivity index (χ4n) is 1.98. The molecule has 2 atom stereocenters. The largest absolute Gasteiger partial charge is 0.465 e. The Kier molecular flexibility index (Phi) is 3.63. The molecule has 0 aromatic carbocycles. The highest BCUT2D eigenvalue weighted by atomic mass is 16.5. The van der Waals surface area contributed by atoms with Gasteiger partial charge in [-0.25, -0.2) is 0 Å². The van der Waals surface area contributed by atoms with E-state index < -0.39 is 0 Å². The van der Waals surface area contributed by atoms with Crippen LogP contribution in [-0.4, -0.2) is 36.7 Å². The summed E-state index contributed by atoms with van der Waals surface area (Å²) in [6.07, 6.45) is 0.143. The molecular weight excluding hydrogens is 204 g/mol. The zero-order valence-corrected chi connectivity index (χ0v) is 9.98. The Morgan fingerprint density at radius 3 is 3.00 bits per heavy atom. The fourth-order valence-corrected chi connectivity index (χ4v) is 1.98. The van der Waals surface area contributed by atoms with Crippen molar-refractivity contribution in [2.45, 2.75) is 32.5 Å². The number of hydrogen-bond donors (Lipinski definition) is 1. The summed E-state index contributed by atoms with van der Waals surface area (Å²) in [5.41, 5.74) is 5.85. The van der Waals surface area contributed by atoms with Crippen LogP contribution in [0.3, 0.4) is 0 Å². The molecule has 16 heavy (non-hydrogen) atoms. The summed E-state index contributed by atoms with van der Waals surface area (Å²) < 4.78 is 11.2. The van der Waals surface area contributed by atoms with E-state index in [1.807, 2.05) is 26.0 Å². The molecule has 4 nitrogen and oxygen atoms in total. The maximum atomic E-state index is 5.85. The summed E-state index contributed by atoms with van der Waals surface area (Å²) in [4.78, 5) is 2.33. The minimum Gasteiger partial charge on any atom is -0.465 e. The van der Waals surface area contributed by atoms with Gasteiger partial charge in [0.05, 0.1) is 19.3 Å². The van der Waals surface area contributed by atoms with Crippen molar-refractivity contribution in [3.05, 3.63) is 23.7 Å². The van der Waals surface area contributed by atoms with Crippen molar-refractivity contribution in [3.63, 3.8) is 0 Å². The Balaban J connectivity index is 1.90. The van der Waals surface area contributed by atoms with Crippen molar-refractivity contribution in [2.24, 2.45) is 5.73 Å². The van der Waals surface area contributed by atoms with Crippen molar-refractivity contribution in [2.75, 3.05) is 19.7 Å². The van der Waals surface area contributed by atoms with Crippen molar-refractivity contribution in [1.82, 2.24) is 4.90 Å². The summed E-state index contributed by atoms with van der Waals surface area (Å²) in [6, 6.07) is 4.12. The quantitative estimate of drug-likeness (QED) is 0.836. The number of morpholine rings is 1. The maximum absolute atomic E-state index is 5.85. The predicted octanol–water partition coefficient (Wildman–Crippen LogP) is 1.14. The third-order valence-electron chi connectivity index (χ3n) is 2.94. The molecule has 2 rings (SSSR count). The van der Waals surface area contributed by atoms with Gasteiger partial charge in [-0.2, -0.15) is 0 Å². The van der Waals surface area contributed by atoms with E-state index in [1.54, 1.807) is 0 Å². The lowest BCUT2D eigenvalue weighted by molar-refractivity contribution is -0.0420. The summed E-state index contributed by atoms with van der Waals surface area (Å²) >= 11 is 0. The van der Waals surface area contributed by atoms with Gasteiger partial charge in [0, 0.05) is 19.1 Å². The van der Waals surface area contributed by atoms with E-state index in [0.29, 0.717) is 0 Å². The van der Waals surface area contributed by atoms with E-state index in [0.717, 1.165) is 37.8 Å². The molecule has 0 radical (unpaired) electrons. The molecule has 90 valence electrons. The number of aryl methyl sites for hydroxylation is 1. The summed E-state index contributed by atoms with van der Waals surface area (Å²) in [5.74, 6) is 1.98. The van der Waals surface area contributed by atoms with Gasteiger partial charge in [0.15, 0.2) is 0 Å². The van der Waals surface area contributed by atoms with E-state index in [4.69, 9.17) is 14.9 Å². The average Bonchev–Trinajstić information content (AvgIpc) is 2.64. The first-order valence-corrected chi connectivity index (χ1v) is 5.80. The first-order valence-electron chi connectivity index (χ1n) is 5.80. The predicted molar refractivity (Wildman–Crippen MR) is 62.1 cm³/mol. The Hall–Kier alpha value is -0.840. The molecule has 1 aromatic rings. The lowest BCUT2D eigenvalue weighted by Gasteiger charge is -2.34. The number of hydrogen-bond acceptors (Lipinski definition) is 4. The van der Waals surface area contributed by atoms with Crippen LogP contribution in [0.4, 0.5) is 0 Å². The van der Waals surface area contributed by atoms with Crippen LogP contribution in [0.1, 0.15) is 18.4 Å². The van der Waals surface area contributed by atoms with Crippen molar-refractivity contribution < 1.29 is 9.15 Å². The van der Waals surface area contributed by atoms with E-state index >= 15 is 0 Å². The van der Waals surface area contributed by atoms with Crippen LogP contribution >= 0.6 is 0 Å². The molecular formula is C12H20N2O2. The molecule has 0 amide bonds. The van der Waals surface area contributed by atoms with Crippen molar-refractivity contribution >= 4 is 0 Å². The second-order valence-electron chi connectivity index (χ2n) is 4.52. The lowest BCUT2D eigenvalue weighted by atomic mass is 10.1. The molecule has 0 bridgehead atoms. The van der Waals surface area contributed by atoms with Gasteiger partial charge in [-0.1, -0.05) is 0 Å². The normalized spacial score (nSPS) is 24.6. The van der Waals surface area contributed by atoms with Crippen LogP contribution in [0.25, 0.3) is 0 Å². The standard InChI is InChI=1S/C12H20N2O2/c1-9-3-4-11(16-9)7-14-5-6-15-12(8-14)10(2)13/h3-4,10,12H,5-8,13H2,1-2H3. The van der Waals surface area contributed by atoms with E-state index in [2.05, 4.69) is 4.90 Å². The number of furan rings is 1. The number of ether oxygens (including phenoxy) is 1. The summed E-state index contributed by atoms with van der Waals surface area (Å²) in [5, 5.41) is 0. The second kappa shape index (κ2) is 4.99. The van der Waals surface area contributed by atoms with Gasteiger partial charge in [0.1, 0.15) is 11.5 Å². The number of rotatable bonds is 3. The van der Waals surface area contributed by atoms with Crippen LogP contribution in [0.5, 0.6) is 0 Å². The second-order valence-corrected chi connectivity index (χ2v) is 4.52. The first-order chi connectivity index (χ1) is 7.65. The van der Waals surface area contributed by atoms with Gasteiger partial charge >= 0.3 is 0 Å². The monoisotopic (exact) mass is 224 g/mol.